The predicted molar refractivity (Wildman–Crippen MR) is 87.0 cm³/mol. The number of nitrogens with one attached hydrogen (secondary N) is 1. The molecule has 2 amide bonds. The maximum atomic E-state index is 11.9. The molecule has 0 atom stereocenters. The number of nitrogens with zero attached hydrogens (tertiary/aromatic N) is 2. The fraction of sp³-hybridized carbons (Fsp3) is 0.812. The highest BCUT2D eigenvalue weighted by atomic mass is 16.4. The smallest absolute Gasteiger partial charge is 0.317 e. The van der Waals surface area contributed by atoms with E-state index >= 15 is 0 Å². The van der Waals surface area contributed by atoms with Crippen LogP contribution in [0.15, 0.2) is 0 Å². The van der Waals surface area contributed by atoms with E-state index in [1.54, 1.807) is 4.90 Å². The summed E-state index contributed by atoms with van der Waals surface area (Å²) < 4.78 is 0. The molecule has 1 aliphatic heterocycles. The van der Waals surface area contributed by atoms with Crippen molar-refractivity contribution in [2.75, 3.05) is 39.3 Å². The lowest BCUT2D eigenvalue weighted by atomic mass is 10.2. The number of carboxylic acids is 1. The maximum Gasteiger partial charge on any atom is 0.317 e. The summed E-state index contributed by atoms with van der Waals surface area (Å²) in [5, 5.41) is 11.6. The van der Waals surface area contributed by atoms with E-state index in [4.69, 9.17) is 5.11 Å². The van der Waals surface area contributed by atoms with Crippen molar-refractivity contribution >= 4 is 17.8 Å². The van der Waals surface area contributed by atoms with Crippen molar-refractivity contribution < 1.29 is 19.5 Å². The molecule has 0 aliphatic carbocycles. The number of likely N-dealkylation sites (tertiary alicyclic amines) is 1. The third kappa shape index (κ3) is 8.54. The molecule has 7 nitrogen and oxygen atoms in total. The minimum Gasteiger partial charge on any atom is -0.480 e. The van der Waals surface area contributed by atoms with Crippen LogP contribution in [-0.2, 0) is 14.4 Å². The van der Waals surface area contributed by atoms with Crippen LogP contribution in [0.5, 0.6) is 0 Å². The van der Waals surface area contributed by atoms with Crippen LogP contribution in [0.4, 0.5) is 0 Å². The van der Waals surface area contributed by atoms with Crippen LogP contribution in [0.2, 0.25) is 0 Å². The molecule has 0 spiro atoms. The summed E-state index contributed by atoms with van der Waals surface area (Å²) in [5.74, 6) is -0.878. The Morgan fingerprint density at radius 1 is 1.26 bits per heavy atom. The van der Waals surface area contributed by atoms with Crippen molar-refractivity contribution in [3.63, 3.8) is 0 Å². The van der Waals surface area contributed by atoms with Gasteiger partial charge in [0, 0.05) is 26.1 Å². The van der Waals surface area contributed by atoms with Crippen LogP contribution in [0.1, 0.15) is 45.4 Å². The Hall–Kier alpha value is -1.63. The molecule has 1 heterocycles. The summed E-state index contributed by atoms with van der Waals surface area (Å²) in [5.41, 5.74) is 0. The van der Waals surface area contributed by atoms with E-state index in [1.165, 1.54) is 0 Å². The van der Waals surface area contributed by atoms with E-state index in [0.717, 1.165) is 38.6 Å². The number of amides is 2. The number of carbonyl (C=O) groups is 3. The maximum absolute atomic E-state index is 11.9. The number of carboxylic acid groups (broad SMARTS) is 1. The van der Waals surface area contributed by atoms with Crippen molar-refractivity contribution in [1.82, 2.24) is 15.1 Å². The minimum absolute atomic E-state index is 0.1000. The molecule has 1 aliphatic rings. The molecule has 0 unspecified atom stereocenters. The van der Waals surface area contributed by atoms with Crippen LogP contribution in [0.25, 0.3) is 0 Å². The summed E-state index contributed by atoms with van der Waals surface area (Å²) in [6, 6.07) is 0. The van der Waals surface area contributed by atoms with Gasteiger partial charge in [-0.15, -0.1) is 0 Å². The average Bonchev–Trinajstić information content (AvgIpc) is 2.68. The van der Waals surface area contributed by atoms with Gasteiger partial charge in [0.05, 0.1) is 13.1 Å². The van der Waals surface area contributed by atoms with Crippen molar-refractivity contribution in [3.8, 4) is 0 Å². The highest BCUT2D eigenvalue weighted by Crippen LogP contribution is 2.11. The second kappa shape index (κ2) is 11.0. The quantitative estimate of drug-likeness (QED) is 0.576. The molecule has 1 saturated heterocycles. The first-order valence-electron chi connectivity index (χ1n) is 8.51. The normalized spacial score (nSPS) is 15.6. The zero-order chi connectivity index (χ0) is 17.1. The lowest BCUT2D eigenvalue weighted by Gasteiger charge is -2.21. The highest BCUT2D eigenvalue weighted by Gasteiger charge is 2.16. The van der Waals surface area contributed by atoms with Crippen LogP contribution < -0.4 is 5.32 Å². The summed E-state index contributed by atoms with van der Waals surface area (Å²) in [6.07, 6.45) is 5.30. The van der Waals surface area contributed by atoms with Crippen molar-refractivity contribution in [1.29, 1.82) is 0 Å². The zero-order valence-electron chi connectivity index (χ0n) is 14.1. The molecule has 0 aromatic rings. The monoisotopic (exact) mass is 327 g/mol. The zero-order valence-corrected chi connectivity index (χ0v) is 14.1. The summed E-state index contributed by atoms with van der Waals surface area (Å²) >= 11 is 0. The lowest BCUT2D eigenvalue weighted by molar-refractivity contribution is -0.138. The third-order valence-electron chi connectivity index (χ3n) is 3.86. The summed E-state index contributed by atoms with van der Waals surface area (Å²) in [4.78, 5) is 37.9. The Kier molecular flexibility index (Phi) is 9.28. The first-order valence-corrected chi connectivity index (χ1v) is 8.51. The van der Waals surface area contributed by atoms with Gasteiger partial charge in [0.1, 0.15) is 0 Å². The molecular weight excluding hydrogens is 298 g/mol. The lowest BCUT2D eigenvalue weighted by Crippen LogP contribution is -2.41. The van der Waals surface area contributed by atoms with Crippen molar-refractivity contribution in [2.45, 2.75) is 45.4 Å². The van der Waals surface area contributed by atoms with E-state index in [-0.39, 0.29) is 24.9 Å². The van der Waals surface area contributed by atoms with Crippen molar-refractivity contribution in [3.05, 3.63) is 0 Å². The molecule has 0 aromatic carbocycles. The molecule has 0 bridgehead atoms. The van der Waals surface area contributed by atoms with Crippen LogP contribution in [0, 0.1) is 0 Å². The molecule has 1 rings (SSSR count). The van der Waals surface area contributed by atoms with Crippen LogP contribution >= 0.6 is 0 Å². The fourth-order valence-corrected chi connectivity index (χ4v) is 2.75. The first kappa shape index (κ1) is 19.4. The molecular formula is C16H29N3O4. The molecule has 0 radical (unpaired) electrons. The van der Waals surface area contributed by atoms with Gasteiger partial charge in [0.2, 0.25) is 11.8 Å². The number of rotatable bonds is 10. The second-order valence-electron chi connectivity index (χ2n) is 6.00. The summed E-state index contributed by atoms with van der Waals surface area (Å²) in [6.45, 7) is 4.51. The first-order chi connectivity index (χ1) is 11.0. The van der Waals surface area contributed by atoms with Gasteiger partial charge in [0.25, 0.3) is 0 Å². The van der Waals surface area contributed by atoms with Gasteiger partial charge in [-0.2, -0.15) is 0 Å². The van der Waals surface area contributed by atoms with Gasteiger partial charge in [-0.05, 0) is 32.2 Å². The van der Waals surface area contributed by atoms with E-state index < -0.39 is 5.97 Å². The van der Waals surface area contributed by atoms with E-state index in [0.29, 0.717) is 26.1 Å². The minimum atomic E-state index is -0.925. The van der Waals surface area contributed by atoms with Gasteiger partial charge in [-0.25, -0.2) is 0 Å². The molecule has 0 aromatic heterocycles. The number of carbonyl (C=O) groups excluding carboxylic acids is 2. The Morgan fingerprint density at radius 3 is 2.74 bits per heavy atom. The topological polar surface area (TPSA) is 89.9 Å². The van der Waals surface area contributed by atoms with Gasteiger partial charge in [0.15, 0.2) is 0 Å². The number of hydrogen-bond donors (Lipinski definition) is 2. The highest BCUT2D eigenvalue weighted by molar-refractivity contribution is 5.79. The largest absolute Gasteiger partial charge is 0.480 e. The molecule has 0 saturated carbocycles. The average molecular weight is 327 g/mol. The van der Waals surface area contributed by atoms with Crippen LogP contribution in [-0.4, -0.2) is 72.0 Å². The predicted octanol–water partition coefficient (Wildman–Crippen LogP) is 0.692. The Balaban J connectivity index is 2.21. The summed E-state index contributed by atoms with van der Waals surface area (Å²) in [7, 11) is 0. The Morgan fingerprint density at radius 2 is 2.04 bits per heavy atom. The van der Waals surface area contributed by atoms with Gasteiger partial charge in [-0.1, -0.05) is 13.3 Å². The number of hydrogen-bond acceptors (Lipinski definition) is 4. The number of aliphatic carboxylic acids is 1. The van der Waals surface area contributed by atoms with Crippen LogP contribution in [0.3, 0.4) is 0 Å². The third-order valence-corrected chi connectivity index (χ3v) is 3.86. The SMILES string of the molecule is CCCN(CC(=O)O)CC(=O)NCCCN1CCCCCC1=O. The van der Waals surface area contributed by atoms with E-state index in [9.17, 15) is 14.4 Å². The molecule has 132 valence electrons. The van der Waals surface area contributed by atoms with Gasteiger partial charge < -0.3 is 15.3 Å². The molecule has 23 heavy (non-hydrogen) atoms. The molecule has 2 N–H and O–H groups in total. The van der Waals surface area contributed by atoms with Crippen molar-refractivity contribution in [2.24, 2.45) is 0 Å². The standard InChI is InChI=1S/C16H29N3O4/c1-2-9-18(13-16(22)23)12-14(20)17-8-6-11-19-10-5-3-4-7-15(19)21/h2-13H2,1H3,(H,17,20)(H,22,23). The molecule has 1 fully saturated rings. The second-order valence-corrected chi connectivity index (χ2v) is 6.00. The Bertz CT molecular complexity index is 401. The molecule has 7 heteroatoms. The fourth-order valence-electron chi connectivity index (χ4n) is 2.75. The van der Waals surface area contributed by atoms with Gasteiger partial charge >= 0.3 is 5.97 Å². The van der Waals surface area contributed by atoms with Gasteiger partial charge in [-0.3, -0.25) is 19.3 Å². The van der Waals surface area contributed by atoms with E-state index in [1.807, 2.05) is 11.8 Å². The Labute approximate surface area is 138 Å². The van der Waals surface area contributed by atoms with E-state index in [2.05, 4.69) is 5.32 Å².